The number of β-amino-alcohol motifs (C(OH)–C–C–N with tert-alkyl or cyclic N) is 1. The zero-order valence-electron chi connectivity index (χ0n) is 12.2. The maximum absolute atomic E-state index is 9.75. The number of nitrogens with one attached hydrogen (secondary N) is 1. The third kappa shape index (κ3) is 5.95. The molecule has 0 radical (unpaired) electrons. The van der Waals surface area contributed by atoms with Crippen LogP contribution < -0.4 is 5.32 Å². The second kappa shape index (κ2) is 9.37. The van der Waals surface area contributed by atoms with Crippen LogP contribution in [0.25, 0.3) is 0 Å². The Labute approximate surface area is 121 Å². The van der Waals surface area contributed by atoms with Crippen molar-refractivity contribution in [3.8, 4) is 0 Å². The van der Waals surface area contributed by atoms with Crippen LogP contribution in [0.2, 0.25) is 0 Å². The Morgan fingerprint density at radius 2 is 1.95 bits per heavy atom. The molecule has 1 aliphatic rings. The van der Waals surface area contributed by atoms with E-state index in [1.54, 1.807) is 11.8 Å². The van der Waals surface area contributed by atoms with Crippen LogP contribution in [0.5, 0.6) is 0 Å². The van der Waals surface area contributed by atoms with Crippen molar-refractivity contribution in [1.82, 2.24) is 10.2 Å². The molecule has 1 heterocycles. The average molecular weight is 282 g/mol. The van der Waals surface area contributed by atoms with Crippen LogP contribution in [0.1, 0.15) is 11.1 Å². The fourth-order valence-electron chi connectivity index (χ4n) is 2.31. The number of benzene rings is 1. The van der Waals surface area contributed by atoms with Crippen LogP contribution >= 0.6 is 11.8 Å². The van der Waals surface area contributed by atoms with E-state index < -0.39 is 0 Å². The molecule has 1 aliphatic heterocycles. The number of rotatable bonds is 4. The van der Waals surface area contributed by atoms with Gasteiger partial charge in [-0.05, 0) is 37.1 Å². The van der Waals surface area contributed by atoms with Gasteiger partial charge in [0, 0.05) is 26.2 Å². The minimum Gasteiger partial charge on any atom is -0.390 e. The van der Waals surface area contributed by atoms with Gasteiger partial charge in [-0.1, -0.05) is 24.3 Å². The SMILES string of the molecule is CNCC(O)CN1CCc2ccccc2C1.CSC. The Balaban J connectivity index is 0.000000550. The monoisotopic (exact) mass is 282 g/mol. The molecule has 2 rings (SSSR count). The summed E-state index contributed by atoms with van der Waals surface area (Å²) < 4.78 is 0. The summed E-state index contributed by atoms with van der Waals surface area (Å²) in [5.74, 6) is 0. The highest BCUT2D eigenvalue weighted by Crippen LogP contribution is 2.18. The lowest BCUT2D eigenvalue weighted by molar-refractivity contribution is 0.106. The molecule has 4 heteroatoms. The molecule has 0 saturated carbocycles. The summed E-state index contributed by atoms with van der Waals surface area (Å²) in [7, 11) is 1.87. The van der Waals surface area contributed by atoms with Crippen molar-refractivity contribution < 1.29 is 5.11 Å². The quantitative estimate of drug-likeness (QED) is 0.879. The highest BCUT2D eigenvalue weighted by molar-refractivity contribution is 7.97. The predicted molar refractivity (Wildman–Crippen MR) is 84.8 cm³/mol. The summed E-state index contributed by atoms with van der Waals surface area (Å²) in [5, 5.41) is 12.7. The third-order valence-corrected chi connectivity index (χ3v) is 3.12. The van der Waals surface area contributed by atoms with Crippen LogP contribution in [0.15, 0.2) is 24.3 Å². The summed E-state index contributed by atoms with van der Waals surface area (Å²) in [6.07, 6.45) is 4.91. The van der Waals surface area contributed by atoms with E-state index in [0.29, 0.717) is 6.54 Å². The van der Waals surface area contributed by atoms with Crippen molar-refractivity contribution in [2.45, 2.75) is 19.1 Å². The number of thioether (sulfide) groups is 1. The van der Waals surface area contributed by atoms with Gasteiger partial charge in [0.1, 0.15) is 0 Å². The maximum atomic E-state index is 9.75. The van der Waals surface area contributed by atoms with Gasteiger partial charge in [-0.25, -0.2) is 0 Å². The molecule has 0 aromatic heterocycles. The van der Waals surface area contributed by atoms with Gasteiger partial charge in [0.05, 0.1) is 6.10 Å². The van der Waals surface area contributed by atoms with Gasteiger partial charge in [0.15, 0.2) is 0 Å². The lowest BCUT2D eigenvalue weighted by atomic mass is 10.00. The number of aliphatic hydroxyl groups is 1. The Morgan fingerprint density at radius 1 is 1.32 bits per heavy atom. The zero-order valence-corrected chi connectivity index (χ0v) is 13.0. The Morgan fingerprint density at radius 3 is 2.58 bits per heavy atom. The summed E-state index contributed by atoms with van der Waals surface area (Å²) in [6, 6.07) is 8.58. The van der Waals surface area contributed by atoms with Crippen LogP contribution in [0.3, 0.4) is 0 Å². The molecule has 0 aliphatic carbocycles. The van der Waals surface area contributed by atoms with Crippen molar-refractivity contribution in [3.63, 3.8) is 0 Å². The molecule has 0 bridgehead atoms. The van der Waals surface area contributed by atoms with Crippen LogP contribution in [0, 0.1) is 0 Å². The van der Waals surface area contributed by atoms with Gasteiger partial charge in [0.2, 0.25) is 0 Å². The van der Waals surface area contributed by atoms with E-state index in [1.165, 1.54) is 11.1 Å². The molecule has 2 N–H and O–H groups in total. The highest BCUT2D eigenvalue weighted by atomic mass is 32.2. The van der Waals surface area contributed by atoms with Gasteiger partial charge < -0.3 is 10.4 Å². The van der Waals surface area contributed by atoms with Gasteiger partial charge in [-0.3, -0.25) is 4.90 Å². The molecular formula is C15H26N2OS. The van der Waals surface area contributed by atoms with Crippen LogP contribution in [0.4, 0.5) is 0 Å². The molecule has 1 aromatic carbocycles. The van der Waals surface area contributed by atoms with Crippen LogP contribution in [-0.2, 0) is 13.0 Å². The van der Waals surface area contributed by atoms with Gasteiger partial charge in [0.25, 0.3) is 0 Å². The van der Waals surface area contributed by atoms with E-state index in [1.807, 2.05) is 19.6 Å². The van der Waals surface area contributed by atoms with Gasteiger partial charge in [-0.2, -0.15) is 11.8 Å². The second-order valence-corrected chi connectivity index (χ2v) is 5.69. The number of aliphatic hydroxyl groups excluding tert-OH is 1. The fourth-order valence-corrected chi connectivity index (χ4v) is 2.31. The Bertz CT molecular complexity index is 360. The minimum absolute atomic E-state index is 0.268. The molecule has 0 saturated heterocycles. The molecule has 0 amide bonds. The van der Waals surface area contributed by atoms with E-state index >= 15 is 0 Å². The zero-order chi connectivity index (χ0) is 14.1. The number of fused-ring (bicyclic) bond motifs is 1. The first-order chi connectivity index (χ1) is 9.21. The van der Waals surface area contributed by atoms with E-state index in [-0.39, 0.29) is 6.10 Å². The predicted octanol–water partition coefficient (Wildman–Crippen LogP) is 1.60. The molecular weight excluding hydrogens is 256 g/mol. The third-order valence-electron chi connectivity index (χ3n) is 3.12. The van der Waals surface area contributed by atoms with E-state index in [2.05, 4.69) is 34.5 Å². The average Bonchev–Trinajstić information content (AvgIpc) is 2.40. The number of nitrogens with zero attached hydrogens (tertiary/aromatic N) is 1. The molecule has 19 heavy (non-hydrogen) atoms. The lowest BCUT2D eigenvalue weighted by Gasteiger charge is -2.30. The van der Waals surface area contributed by atoms with Gasteiger partial charge in [-0.15, -0.1) is 0 Å². The number of hydrogen-bond donors (Lipinski definition) is 2. The normalized spacial score (nSPS) is 16.2. The minimum atomic E-state index is -0.268. The Hall–Kier alpha value is -0.550. The van der Waals surface area contributed by atoms with Crippen molar-refractivity contribution in [1.29, 1.82) is 0 Å². The van der Waals surface area contributed by atoms with Crippen molar-refractivity contribution in [2.24, 2.45) is 0 Å². The number of hydrogen-bond acceptors (Lipinski definition) is 4. The summed E-state index contributed by atoms with van der Waals surface area (Å²) in [4.78, 5) is 2.32. The standard InChI is InChI=1S/C13H20N2O.C2H6S/c1-14-8-13(16)10-15-7-6-11-4-2-3-5-12(11)9-15;1-3-2/h2-5,13-14,16H,6-10H2,1H3;1-2H3. The Kier molecular flexibility index (Phi) is 8.14. The van der Waals surface area contributed by atoms with E-state index in [4.69, 9.17) is 0 Å². The molecule has 3 nitrogen and oxygen atoms in total. The molecule has 0 spiro atoms. The van der Waals surface area contributed by atoms with Crippen LogP contribution in [-0.4, -0.2) is 55.3 Å². The number of likely N-dealkylation sites (N-methyl/N-ethyl adjacent to an activating group) is 1. The largest absolute Gasteiger partial charge is 0.390 e. The first-order valence-corrected chi connectivity index (χ1v) is 8.36. The summed E-state index contributed by atoms with van der Waals surface area (Å²) >= 11 is 1.75. The highest BCUT2D eigenvalue weighted by Gasteiger charge is 2.17. The summed E-state index contributed by atoms with van der Waals surface area (Å²) in [5.41, 5.74) is 2.87. The molecule has 0 fully saturated rings. The topological polar surface area (TPSA) is 35.5 Å². The first-order valence-electron chi connectivity index (χ1n) is 6.73. The maximum Gasteiger partial charge on any atom is 0.0791 e. The van der Waals surface area contributed by atoms with Gasteiger partial charge >= 0.3 is 0 Å². The van der Waals surface area contributed by atoms with Crippen molar-refractivity contribution in [2.75, 3.05) is 39.2 Å². The fraction of sp³-hybridized carbons (Fsp3) is 0.600. The van der Waals surface area contributed by atoms with E-state index in [9.17, 15) is 5.11 Å². The summed E-state index contributed by atoms with van der Waals surface area (Å²) in [6.45, 7) is 3.45. The molecule has 1 aromatic rings. The smallest absolute Gasteiger partial charge is 0.0791 e. The van der Waals surface area contributed by atoms with Crippen molar-refractivity contribution in [3.05, 3.63) is 35.4 Å². The lowest BCUT2D eigenvalue weighted by Crippen LogP contribution is -2.40. The first kappa shape index (κ1) is 16.5. The molecule has 1 unspecified atom stereocenters. The van der Waals surface area contributed by atoms with E-state index in [0.717, 1.165) is 26.1 Å². The molecule has 1 atom stereocenters. The van der Waals surface area contributed by atoms with Crippen molar-refractivity contribution >= 4 is 11.8 Å². The second-order valence-electron chi connectivity index (χ2n) is 4.87. The molecule has 108 valence electrons.